The highest BCUT2D eigenvalue weighted by Gasteiger charge is 2.20. The van der Waals surface area contributed by atoms with Crippen LogP contribution in [-0.2, 0) is 4.74 Å². The zero-order valence-corrected chi connectivity index (χ0v) is 11.3. The third kappa shape index (κ3) is 5.86. The maximum absolute atomic E-state index is 5.60. The summed E-state index contributed by atoms with van der Waals surface area (Å²) in [7, 11) is 0. The van der Waals surface area contributed by atoms with E-state index < -0.39 is 0 Å². The van der Waals surface area contributed by atoms with Gasteiger partial charge in [-0.05, 0) is 38.0 Å². The Hall–Kier alpha value is -0.0800. The number of nitrogens with one attached hydrogen (secondary N) is 1. The largest absolute Gasteiger partial charge is 0.380 e. The molecule has 0 saturated heterocycles. The Labute approximate surface area is 101 Å². The topological polar surface area (TPSA) is 21.3 Å². The first-order chi connectivity index (χ1) is 7.70. The highest BCUT2D eigenvalue weighted by Crippen LogP contribution is 2.27. The van der Waals surface area contributed by atoms with Crippen LogP contribution in [0.15, 0.2) is 0 Å². The van der Waals surface area contributed by atoms with Crippen molar-refractivity contribution < 1.29 is 4.74 Å². The van der Waals surface area contributed by atoms with E-state index in [1.165, 1.54) is 32.1 Å². The standard InChI is InChI=1S/C14H29NO/c1-12(2)8-10-16-11-9-15-13(3)14-6-4-5-7-14/h12-15H,4-11H2,1-3H3. The molecule has 2 nitrogen and oxygen atoms in total. The van der Waals surface area contributed by atoms with E-state index in [2.05, 4.69) is 26.1 Å². The minimum absolute atomic E-state index is 0.677. The molecule has 0 amide bonds. The first-order valence-electron chi connectivity index (χ1n) is 7.01. The molecular weight excluding hydrogens is 198 g/mol. The van der Waals surface area contributed by atoms with Gasteiger partial charge in [0.1, 0.15) is 0 Å². The van der Waals surface area contributed by atoms with E-state index in [-0.39, 0.29) is 0 Å². The van der Waals surface area contributed by atoms with Gasteiger partial charge in [-0.2, -0.15) is 0 Å². The molecule has 1 unspecified atom stereocenters. The van der Waals surface area contributed by atoms with Gasteiger partial charge in [0.25, 0.3) is 0 Å². The van der Waals surface area contributed by atoms with Crippen LogP contribution < -0.4 is 5.32 Å². The number of rotatable bonds is 8. The highest BCUT2D eigenvalue weighted by molar-refractivity contribution is 4.76. The van der Waals surface area contributed by atoms with Crippen molar-refractivity contribution >= 4 is 0 Å². The zero-order valence-electron chi connectivity index (χ0n) is 11.3. The van der Waals surface area contributed by atoms with Crippen LogP contribution in [0.4, 0.5) is 0 Å². The second kappa shape index (κ2) is 8.08. The third-order valence-electron chi connectivity index (χ3n) is 3.66. The molecule has 1 rings (SSSR count). The molecular formula is C14H29NO. The summed E-state index contributed by atoms with van der Waals surface area (Å²) in [5.41, 5.74) is 0. The van der Waals surface area contributed by atoms with Gasteiger partial charge in [0, 0.05) is 19.2 Å². The number of hydrogen-bond donors (Lipinski definition) is 1. The quantitative estimate of drug-likeness (QED) is 0.643. The summed E-state index contributed by atoms with van der Waals surface area (Å²) in [6.45, 7) is 9.59. The number of hydrogen-bond acceptors (Lipinski definition) is 2. The second-order valence-electron chi connectivity index (χ2n) is 5.58. The van der Waals surface area contributed by atoms with Crippen LogP contribution in [0, 0.1) is 11.8 Å². The average molecular weight is 227 g/mol. The summed E-state index contributed by atoms with van der Waals surface area (Å²) in [4.78, 5) is 0. The Morgan fingerprint density at radius 2 is 1.81 bits per heavy atom. The van der Waals surface area contributed by atoms with Crippen LogP contribution in [-0.4, -0.2) is 25.8 Å². The molecule has 1 fully saturated rings. The van der Waals surface area contributed by atoms with Crippen LogP contribution >= 0.6 is 0 Å². The first-order valence-corrected chi connectivity index (χ1v) is 7.01. The Kier molecular flexibility index (Phi) is 7.06. The van der Waals surface area contributed by atoms with Crippen LogP contribution in [0.2, 0.25) is 0 Å². The predicted molar refractivity (Wildman–Crippen MR) is 69.7 cm³/mol. The van der Waals surface area contributed by atoms with Crippen LogP contribution in [0.1, 0.15) is 52.9 Å². The molecule has 1 atom stereocenters. The maximum Gasteiger partial charge on any atom is 0.0591 e. The van der Waals surface area contributed by atoms with E-state index in [0.29, 0.717) is 6.04 Å². The lowest BCUT2D eigenvalue weighted by molar-refractivity contribution is 0.122. The van der Waals surface area contributed by atoms with Crippen molar-refractivity contribution in [2.45, 2.75) is 58.9 Å². The van der Waals surface area contributed by atoms with E-state index in [4.69, 9.17) is 4.74 Å². The fourth-order valence-corrected chi connectivity index (χ4v) is 2.40. The van der Waals surface area contributed by atoms with Crippen molar-refractivity contribution in [1.29, 1.82) is 0 Å². The van der Waals surface area contributed by atoms with Crippen molar-refractivity contribution in [1.82, 2.24) is 5.32 Å². The summed E-state index contributed by atoms with van der Waals surface area (Å²) in [6.07, 6.45) is 6.88. The molecule has 16 heavy (non-hydrogen) atoms. The van der Waals surface area contributed by atoms with Gasteiger partial charge in [-0.3, -0.25) is 0 Å². The maximum atomic E-state index is 5.60. The predicted octanol–water partition coefficient (Wildman–Crippen LogP) is 3.22. The molecule has 0 bridgehead atoms. The van der Waals surface area contributed by atoms with Crippen molar-refractivity contribution in [2.75, 3.05) is 19.8 Å². The van der Waals surface area contributed by atoms with E-state index in [1.54, 1.807) is 0 Å². The van der Waals surface area contributed by atoms with Gasteiger partial charge >= 0.3 is 0 Å². The van der Waals surface area contributed by atoms with Gasteiger partial charge < -0.3 is 10.1 Å². The van der Waals surface area contributed by atoms with E-state index in [9.17, 15) is 0 Å². The second-order valence-corrected chi connectivity index (χ2v) is 5.58. The van der Waals surface area contributed by atoms with Gasteiger partial charge in [0.2, 0.25) is 0 Å². The van der Waals surface area contributed by atoms with Crippen molar-refractivity contribution in [2.24, 2.45) is 11.8 Å². The molecule has 0 aromatic heterocycles. The fourth-order valence-electron chi connectivity index (χ4n) is 2.40. The lowest BCUT2D eigenvalue weighted by Crippen LogP contribution is -2.34. The molecule has 1 saturated carbocycles. The molecule has 96 valence electrons. The normalized spacial score (nSPS) is 19.5. The monoisotopic (exact) mass is 227 g/mol. The van der Waals surface area contributed by atoms with Gasteiger partial charge in [0.15, 0.2) is 0 Å². The summed E-state index contributed by atoms with van der Waals surface area (Å²) < 4.78 is 5.60. The van der Waals surface area contributed by atoms with Crippen LogP contribution in [0.25, 0.3) is 0 Å². The molecule has 1 N–H and O–H groups in total. The molecule has 0 radical (unpaired) electrons. The lowest BCUT2D eigenvalue weighted by atomic mass is 10.00. The summed E-state index contributed by atoms with van der Waals surface area (Å²) in [5.74, 6) is 1.67. The molecule has 0 spiro atoms. The van der Waals surface area contributed by atoms with Crippen molar-refractivity contribution in [3.8, 4) is 0 Å². The van der Waals surface area contributed by atoms with E-state index in [1.807, 2.05) is 0 Å². The fraction of sp³-hybridized carbons (Fsp3) is 1.00. The van der Waals surface area contributed by atoms with E-state index in [0.717, 1.165) is 31.6 Å². The van der Waals surface area contributed by atoms with Gasteiger partial charge in [-0.1, -0.05) is 26.7 Å². The van der Waals surface area contributed by atoms with Gasteiger partial charge in [-0.15, -0.1) is 0 Å². The summed E-state index contributed by atoms with van der Waals surface area (Å²) in [6, 6.07) is 0.677. The minimum Gasteiger partial charge on any atom is -0.380 e. The highest BCUT2D eigenvalue weighted by atomic mass is 16.5. The first kappa shape index (κ1) is 14.0. The Bertz CT molecular complexity index is 164. The number of ether oxygens (including phenoxy) is 1. The van der Waals surface area contributed by atoms with Crippen molar-refractivity contribution in [3.05, 3.63) is 0 Å². The van der Waals surface area contributed by atoms with Crippen molar-refractivity contribution in [3.63, 3.8) is 0 Å². The third-order valence-corrected chi connectivity index (χ3v) is 3.66. The summed E-state index contributed by atoms with van der Waals surface area (Å²) in [5, 5.41) is 3.59. The lowest BCUT2D eigenvalue weighted by Gasteiger charge is -2.20. The minimum atomic E-state index is 0.677. The molecule has 0 aromatic rings. The van der Waals surface area contributed by atoms with E-state index >= 15 is 0 Å². The van der Waals surface area contributed by atoms with Gasteiger partial charge in [-0.25, -0.2) is 0 Å². The zero-order chi connectivity index (χ0) is 11.8. The molecule has 2 heteroatoms. The SMILES string of the molecule is CC(C)CCOCCNC(C)C1CCCC1. The average Bonchev–Trinajstić information content (AvgIpc) is 2.75. The van der Waals surface area contributed by atoms with Crippen LogP contribution in [0.5, 0.6) is 0 Å². The summed E-state index contributed by atoms with van der Waals surface area (Å²) >= 11 is 0. The van der Waals surface area contributed by atoms with Gasteiger partial charge in [0.05, 0.1) is 6.61 Å². The Morgan fingerprint density at radius 3 is 2.44 bits per heavy atom. The Balaban J connectivity index is 1.90. The molecule has 0 aromatic carbocycles. The molecule has 1 aliphatic carbocycles. The molecule has 1 aliphatic rings. The smallest absolute Gasteiger partial charge is 0.0591 e. The Morgan fingerprint density at radius 1 is 1.12 bits per heavy atom. The van der Waals surface area contributed by atoms with Crippen LogP contribution in [0.3, 0.4) is 0 Å². The molecule has 0 aliphatic heterocycles. The molecule has 0 heterocycles.